The van der Waals surface area contributed by atoms with Gasteiger partial charge in [-0.15, -0.1) is 0 Å². The molecular formula is C63H104O6. The van der Waals surface area contributed by atoms with Gasteiger partial charge in [0.05, 0.1) is 0 Å². The number of carbonyl (C=O) groups excluding carboxylic acids is 3. The van der Waals surface area contributed by atoms with Crippen molar-refractivity contribution in [1.29, 1.82) is 0 Å². The first kappa shape index (κ1) is 65.1. The van der Waals surface area contributed by atoms with Crippen molar-refractivity contribution in [3.8, 4) is 0 Å². The lowest BCUT2D eigenvalue weighted by atomic mass is 10.1. The molecule has 6 heteroatoms. The highest BCUT2D eigenvalue weighted by atomic mass is 16.6. The molecule has 0 rings (SSSR count). The third kappa shape index (κ3) is 54.9. The second kappa shape index (κ2) is 56.7. The molecule has 0 N–H and O–H groups in total. The van der Waals surface area contributed by atoms with Crippen molar-refractivity contribution in [3.63, 3.8) is 0 Å². The molecule has 0 aliphatic heterocycles. The highest BCUT2D eigenvalue weighted by molar-refractivity contribution is 5.71. The summed E-state index contributed by atoms with van der Waals surface area (Å²) in [7, 11) is 0. The van der Waals surface area contributed by atoms with Crippen LogP contribution in [0.1, 0.15) is 252 Å². The van der Waals surface area contributed by atoms with Gasteiger partial charge in [0.1, 0.15) is 13.2 Å². The maximum atomic E-state index is 12.8. The number of carbonyl (C=O) groups is 3. The van der Waals surface area contributed by atoms with Crippen LogP contribution in [0.25, 0.3) is 0 Å². The standard InChI is InChI=1S/C63H104O6/c1-4-7-10-13-16-19-22-25-28-31-34-37-40-43-46-49-52-55-61(64)67-58-60(69-63(66)57-54-51-48-45-42-39-36-33-30-27-24-21-18-15-12-9-6-3)59-68-62(65)56-53-50-47-44-41-38-35-32-29-26-23-20-17-14-11-8-5-2/h7,10,16,19,25-30,34,36-37,39,43,45-46,48,60H,4-6,8-9,11-15,17-18,20-24,31-33,35,38,40-42,44,47,49-59H2,1-3H3/b10-7-,19-16-,28-25-,29-26-,30-27-,37-34-,39-36-,46-43-,48-45-/t60-/m1/s1. The quantitative estimate of drug-likeness (QED) is 0.0262. The molecule has 0 aromatic carbocycles. The smallest absolute Gasteiger partial charge is 0.306 e. The van der Waals surface area contributed by atoms with Gasteiger partial charge in [0.2, 0.25) is 0 Å². The average Bonchev–Trinajstić information content (AvgIpc) is 3.35. The van der Waals surface area contributed by atoms with Crippen molar-refractivity contribution in [2.45, 2.75) is 258 Å². The van der Waals surface area contributed by atoms with Gasteiger partial charge < -0.3 is 14.2 Å². The minimum Gasteiger partial charge on any atom is -0.462 e. The third-order valence-electron chi connectivity index (χ3n) is 11.7. The summed E-state index contributed by atoms with van der Waals surface area (Å²) in [5, 5.41) is 0. The van der Waals surface area contributed by atoms with Crippen LogP contribution in [0.5, 0.6) is 0 Å². The van der Waals surface area contributed by atoms with Crippen LogP contribution >= 0.6 is 0 Å². The van der Waals surface area contributed by atoms with Gasteiger partial charge in [-0.05, 0) is 116 Å². The van der Waals surface area contributed by atoms with Crippen LogP contribution in [-0.2, 0) is 28.6 Å². The maximum absolute atomic E-state index is 12.8. The van der Waals surface area contributed by atoms with Crippen molar-refractivity contribution in [1.82, 2.24) is 0 Å². The molecule has 0 radical (unpaired) electrons. The van der Waals surface area contributed by atoms with Crippen LogP contribution < -0.4 is 0 Å². The Bertz CT molecular complexity index is 1420. The number of rotatable bonds is 50. The fraction of sp³-hybridized carbons (Fsp3) is 0.667. The Balaban J connectivity index is 4.56. The lowest BCUT2D eigenvalue weighted by molar-refractivity contribution is -0.167. The summed E-state index contributed by atoms with van der Waals surface area (Å²) in [4.78, 5) is 38.1. The number of allylic oxidation sites excluding steroid dienone is 18. The molecule has 0 fully saturated rings. The van der Waals surface area contributed by atoms with Gasteiger partial charge in [0.25, 0.3) is 0 Å². The van der Waals surface area contributed by atoms with Crippen molar-refractivity contribution >= 4 is 17.9 Å². The summed E-state index contributed by atoms with van der Waals surface area (Å²) in [5.74, 6) is -1.04. The van der Waals surface area contributed by atoms with E-state index in [9.17, 15) is 14.4 Å². The largest absolute Gasteiger partial charge is 0.462 e. The molecule has 0 aliphatic rings. The van der Waals surface area contributed by atoms with E-state index in [1.807, 2.05) is 0 Å². The molecule has 0 bridgehead atoms. The van der Waals surface area contributed by atoms with E-state index in [-0.39, 0.29) is 44.0 Å². The minimum absolute atomic E-state index is 0.119. The summed E-state index contributed by atoms with van der Waals surface area (Å²) in [6.07, 6.45) is 76.6. The van der Waals surface area contributed by atoms with E-state index in [0.717, 1.165) is 77.0 Å². The zero-order valence-electron chi connectivity index (χ0n) is 44.8. The molecule has 0 saturated carbocycles. The first-order valence-corrected chi connectivity index (χ1v) is 28.4. The van der Waals surface area contributed by atoms with Crippen LogP contribution in [-0.4, -0.2) is 37.2 Å². The number of hydrogen-bond acceptors (Lipinski definition) is 6. The maximum Gasteiger partial charge on any atom is 0.306 e. The average molecular weight is 958 g/mol. The predicted octanol–water partition coefficient (Wildman–Crippen LogP) is 19.1. The van der Waals surface area contributed by atoms with E-state index in [1.54, 1.807) is 0 Å². The highest BCUT2D eigenvalue weighted by Crippen LogP contribution is 2.13. The summed E-state index contributed by atoms with van der Waals surface area (Å²) in [6.45, 7) is 6.42. The lowest BCUT2D eigenvalue weighted by Crippen LogP contribution is -2.30. The van der Waals surface area contributed by atoms with Crippen LogP contribution in [0.3, 0.4) is 0 Å². The Kier molecular flexibility index (Phi) is 53.4. The molecule has 0 aromatic heterocycles. The van der Waals surface area contributed by atoms with Gasteiger partial charge in [-0.1, -0.05) is 226 Å². The molecule has 69 heavy (non-hydrogen) atoms. The second-order valence-corrected chi connectivity index (χ2v) is 18.5. The molecule has 0 spiro atoms. The first-order chi connectivity index (χ1) is 34.0. The SMILES string of the molecule is CC/C=C\C/C=C\C/C=C\C/C=C\C/C=C\CCCC(=O)OC[C@H](COC(=O)CCCCCCCCC/C=C\CCCCCCCC)OC(=O)CCC/C=C\C/C=C\C/C=C\CCCCCCCC. The van der Waals surface area contributed by atoms with Gasteiger partial charge in [0.15, 0.2) is 6.10 Å². The van der Waals surface area contributed by atoms with Crippen LogP contribution in [0, 0.1) is 0 Å². The summed E-state index contributed by atoms with van der Waals surface area (Å²) < 4.78 is 16.8. The number of hydrogen-bond donors (Lipinski definition) is 0. The van der Waals surface area contributed by atoms with Gasteiger partial charge in [0, 0.05) is 19.3 Å². The molecule has 0 amide bonds. The Labute approximate surface area is 425 Å². The van der Waals surface area contributed by atoms with E-state index in [1.165, 1.54) is 122 Å². The molecule has 0 aromatic rings. The van der Waals surface area contributed by atoms with Crippen molar-refractivity contribution in [2.24, 2.45) is 0 Å². The summed E-state index contributed by atoms with van der Waals surface area (Å²) >= 11 is 0. The topological polar surface area (TPSA) is 78.9 Å². The molecule has 6 nitrogen and oxygen atoms in total. The summed E-state index contributed by atoms with van der Waals surface area (Å²) in [6, 6.07) is 0. The third-order valence-corrected chi connectivity index (χ3v) is 11.7. The molecule has 0 aliphatic carbocycles. The molecule has 1 atom stereocenters. The molecule has 0 saturated heterocycles. The highest BCUT2D eigenvalue weighted by Gasteiger charge is 2.19. The fourth-order valence-corrected chi connectivity index (χ4v) is 7.49. The predicted molar refractivity (Wildman–Crippen MR) is 297 cm³/mol. The zero-order chi connectivity index (χ0) is 50.0. The van der Waals surface area contributed by atoms with E-state index in [0.29, 0.717) is 19.3 Å². The van der Waals surface area contributed by atoms with E-state index >= 15 is 0 Å². The number of unbranched alkanes of at least 4 members (excludes halogenated alkanes) is 21. The van der Waals surface area contributed by atoms with Crippen molar-refractivity contribution in [2.75, 3.05) is 13.2 Å². The van der Waals surface area contributed by atoms with Gasteiger partial charge >= 0.3 is 17.9 Å². The zero-order valence-corrected chi connectivity index (χ0v) is 44.8. The monoisotopic (exact) mass is 957 g/mol. The lowest BCUT2D eigenvalue weighted by Gasteiger charge is -2.18. The van der Waals surface area contributed by atoms with Crippen LogP contribution in [0.4, 0.5) is 0 Å². The Morgan fingerprint density at radius 3 is 0.957 bits per heavy atom. The molecule has 0 unspecified atom stereocenters. The minimum atomic E-state index is -0.831. The Morgan fingerprint density at radius 1 is 0.304 bits per heavy atom. The fourth-order valence-electron chi connectivity index (χ4n) is 7.49. The molecular weight excluding hydrogens is 853 g/mol. The normalized spacial score (nSPS) is 12.9. The first-order valence-electron chi connectivity index (χ1n) is 28.4. The van der Waals surface area contributed by atoms with E-state index in [4.69, 9.17) is 14.2 Å². The van der Waals surface area contributed by atoms with Gasteiger partial charge in [-0.3, -0.25) is 14.4 Å². The number of esters is 3. The number of ether oxygens (including phenoxy) is 3. The van der Waals surface area contributed by atoms with Crippen molar-refractivity contribution < 1.29 is 28.6 Å². The second-order valence-electron chi connectivity index (χ2n) is 18.5. The Hall–Kier alpha value is -3.93. The van der Waals surface area contributed by atoms with Crippen molar-refractivity contribution in [3.05, 3.63) is 109 Å². The van der Waals surface area contributed by atoms with E-state index in [2.05, 4.69) is 130 Å². The molecule has 0 heterocycles. The Morgan fingerprint density at radius 2 is 0.580 bits per heavy atom. The molecule has 392 valence electrons. The van der Waals surface area contributed by atoms with Crippen LogP contribution in [0.15, 0.2) is 109 Å². The van der Waals surface area contributed by atoms with Crippen LogP contribution in [0.2, 0.25) is 0 Å². The van der Waals surface area contributed by atoms with Gasteiger partial charge in [-0.2, -0.15) is 0 Å². The summed E-state index contributed by atoms with van der Waals surface area (Å²) in [5.41, 5.74) is 0. The van der Waals surface area contributed by atoms with E-state index < -0.39 is 6.10 Å². The van der Waals surface area contributed by atoms with Gasteiger partial charge in [-0.25, -0.2) is 0 Å².